The van der Waals surface area contributed by atoms with Gasteiger partial charge in [-0.1, -0.05) is 19.3 Å². The van der Waals surface area contributed by atoms with Crippen LogP contribution in [-0.4, -0.2) is 12.6 Å². The fourth-order valence-electron chi connectivity index (χ4n) is 2.81. The van der Waals surface area contributed by atoms with E-state index in [0.717, 1.165) is 36.1 Å². The second-order valence-electron chi connectivity index (χ2n) is 4.77. The summed E-state index contributed by atoms with van der Waals surface area (Å²) in [6, 6.07) is 2.03. The average molecular weight is 287 g/mol. The molecule has 1 aromatic heterocycles. The molecule has 0 amide bonds. The number of esters is 1. The maximum absolute atomic E-state index is 12.4. The van der Waals surface area contributed by atoms with E-state index in [4.69, 9.17) is 16.3 Å². The van der Waals surface area contributed by atoms with E-state index >= 15 is 0 Å². The Morgan fingerprint density at radius 3 is 2.78 bits per heavy atom. The zero-order chi connectivity index (χ0) is 13.0. The van der Waals surface area contributed by atoms with Crippen molar-refractivity contribution >= 4 is 28.9 Å². The van der Waals surface area contributed by atoms with E-state index < -0.39 is 5.41 Å². The largest absolute Gasteiger partial charge is 0.465 e. The van der Waals surface area contributed by atoms with Crippen molar-refractivity contribution in [2.24, 2.45) is 0 Å². The Bertz CT molecular complexity index is 408. The number of thiophene rings is 1. The molecule has 0 saturated heterocycles. The molecule has 1 fully saturated rings. The molecule has 0 unspecified atom stereocenters. The Hall–Kier alpha value is -0.540. The summed E-state index contributed by atoms with van der Waals surface area (Å²) >= 11 is 7.64. The Balaban J connectivity index is 2.38. The van der Waals surface area contributed by atoms with E-state index in [9.17, 15) is 4.79 Å². The van der Waals surface area contributed by atoms with Crippen molar-refractivity contribution in [3.05, 3.63) is 21.9 Å². The molecule has 1 aromatic rings. The van der Waals surface area contributed by atoms with Crippen molar-refractivity contribution in [1.29, 1.82) is 0 Å². The number of rotatable bonds is 4. The molecule has 0 N–H and O–H groups in total. The van der Waals surface area contributed by atoms with Crippen LogP contribution in [0.5, 0.6) is 0 Å². The predicted molar refractivity (Wildman–Crippen MR) is 75.3 cm³/mol. The molecule has 0 bridgehead atoms. The third-order valence-corrected chi connectivity index (χ3v) is 5.15. The third-order valence-electron chi connectivity index (χ3n) is 3.70. The van der Waals surface area contributed by atoms with Crippen LogP contribution in [-0.2, 0) is 20.8 Å². The number of ether oxygens (including phenoxy) is 1. The average Bonchev–Trinajstić information content (AvgIpc) is 2.88. The topological polar surface area (TPSA) is 26.3 Å². The van der Waals surface area contributed by atoms with Gasteiger partial charge in [0.2, 0.25) is 0 Å². The van der Waals surface area contributed by atoms with Gasteiger partial charge in [0.15, 0.2) is 0 Å². The number of halogens is 1. The van der Waals surface area contributed by atoms with Gasteiger partial charge in [0.05, 0.1) is 6.61 Å². The zero-order valence-corrected chi connectivity index (χ0v) is 12.3. The van der Waals surface area contributed by atoms with Crippen LogP contribution in [0.1, 0.15) is 49.5 Å². The van der Waals surface area contributed by atoms with Gasteiger partial charge in [-0.05, 0) is 36.8 Å². The second kappa shape index (κ2) is 6.07. The second-order valence-corrected chi connectivity index (χ2v) is 5.96. The van der Waals surface area contributed by atoms with Gasteiger partial charge in [-0.15, -0.1) is 22.9 Å². The Morgan fingerprint density at radius 2 is 2.17 bits per heavy atom. The first kappa shape index (κ1) is 13.9. The SMILES string of the molecule is CCOC(=O)C1(c2sccc2CCl)CCCCC1. The molecule has 4 heteroatoms. The van der Waals surface area contributed by atoms with Gasteiger partial charge in [-0.3, -0.25) is 4.79 Å². The lowest BCUT2D eigenvalue weighted by Crippen LogP contribution is -2.39. The van der Waals surface area contributed by atoms with Crippen LogP contribution in [0.4, 0.5) is 0 Å². The standard InChI is InChI=1S/C14H19ClO2S/c1-2-17-13(16)14(7-4-3-5-8-14)12-11(10-15)6-9-18-12/h6,9H,2-5,7-8,10H2,1H3. The highest BCUT2D eigenvalue weighted by Crippen LogP contribution is 2.44. The zero-order valence-electron chi connectivity index (χ0n) is 10.7. The molecule has 0 aromatic carbocycles. The van der Waals surface area contributed by atoms with E-state index in [0.29, 0.717) is 12.5 Å². The van der Waals surface area contributed by atoms with Crippen LogP contribution in [0, 0.1) is 0 Å². The van der Waals surface area contributed by atoms with Crippen LogP contribution in [0.3, 0.4) is 0 Å². The predicted octanol–water partition coefficient (Wildman–Crippen LogP) is 4.25. The van der Waals surface area contributed by atoms with Gasteiger partial charge in [-0.25, -0.2) is 0 Å². The van der Waals surface area contributed by atoms with Crippen LogP contribution >= 0.6 is 22.9 Å². The number of alkyl halides is 1. The van der Waals surface area contributed by atoms with Gasteiger partial charge in [0, 0.05) is 10.8 Å². The maximum atomic E-state index is 12.4. The van der Waals surface area contributed by atoms with E-state index in [1.54, 1.807) is 11.3 Å². The molecule has 0 aliphatic heterocycles. The molecule has 1 aliphatic rings. The number of hydrogen-bond donors (Lipinski definition) is 0. The summed E-state index contributed by atoms with van der Waals surface area (Å²) in [4.78, 5) is 13.6. The Morgan fingerprint density at radius 1 is 1.44 bits per heavy atom. The summed E-state index contributed by atoms with van der Waals surface area (Å²) in [7, 11) is 0. The van der Waals surface area contributed by atoms with E-state index in [-0.39, 0.29) is 5.97 Å². The summed E-state index contributed by atoms with van der Waals surface area (Å²) in [5, 5.41) is 2.03. The van der Waals surface area contributed by atoms with Crippen molar-refractivity contribution in [2.45, 2.75) is 50.3 Å². The molecule has 1 aliphatic carbocycles. The highest BCUT2D eigenvalue weighted by atomic mass is 35.5. The first-order valence-electron chi connectivity index (χ1n) is 6.54. The molecule has 18 heavy (non-hydrogen) atoms. The molecule has 1 saturated carbocycles. The first-order chi connectivity index (χ1) is 8.74. The lowest BCUT2D eigenvalue weighted by Gasteiger charge is -2.34. The number of carbonyl (C=O) groups excluding carboxylic acids is 1. The third kappa shape index (κ3) is 2.43. The van der Waals surface area contributed by atoms with Gasteiger partial charge >= 0.3 is 5.97 Å². The minimum atomic E-state index is -0.424. The fraction of sp³-hybridized carbons (Fsp3) is 0.643. The molecule has 0 spiro atoms. The molecule has 2 nitrogen and oxygen atoms in total. The molecule has 0 radical (unpaired) electrons. The van der Waals surface area contributed by atoms with Crippen LogP contribution in [0.15, 0.2) is 11.4 Å². The summed E-state index contributed by atoms with van der Waals surface area (Å²) in [5.74, 6) is 0.415. The van der Waals surface area contributed by atoms with Crippen molar-refractivity contribution < 1.29 is 9.53 Å². The van der Waals surface area contributed by atoms with E-state index in [1.807, 2.05) is 18.4 Å². The molecule has 100 valence electrons. The minimum Gasteiger partial charge on any atom is -0.465 e. The lowest BCUT2D eigenvalue weighted by molar-refractivity contribution is -0.151. The van der Waals surface area contributed by atoms with Crippen LogP contribution < -0.4 is 0 Å². The monoisotopic (exact) mass is 286 g/mol. The van der Waals surface area contributed by atoms with Gasteiger partial charge < -0.3 is 4.74 Å². The normalized spacial score (nSPS) is 18.6. The molecular weight excluding hydrogens is 268 g/mol. The van der Waals surface area contributed by atoms with Gasteiger partial charge in [0.1, 0.15) is 5.41 Å². The van der Waals surface area contributed by atoms with Crippen molar-refractivity contribution in [1.82, 2.24) is 0 Å². The Kier molecular flexibility index (Phi) is 4.68. The maximum Gasteiger partial charge on any atom is 0.317 e. The van der Waals surface area contributed by atoms with Crippen LogP contribution in [0.25, 0.3) is 0 Å². The van der Waals surface area contributed by atoms with Crippen molar-refractivity contribution in [2.75, 3.05) is 6.61 Å². The summed E-state index contributed by atoms with van der Waals surface area (Å²) in [6.45, 7) is 2.31. The first-order valence-corrected chi connectivity index (χ1v) is 7.96. The highest BCUT2D eigenvalue weighted by molar-refractivity contribution is 7.10. The van der Waals surface area contributed by atoms with E-state index in [2.05, 4.69) is 0 Å². The lowest BCUT2D eigenvalue weighted by atomic mass is 9.72. The number of hydrogen-bond acceptors (Lipinski definition) is 3. The smallest absolute Gasteiger partial charge is 0.317 e. The van der Waals surface area contributed by atoms with Gasteiger partial charge in [0.25, 0.3) is 0 Å². The van der Waals surface area contributed by atoms with E-state index in [1.165, 1.54) is 6.42 Å². The fourth-order valence-corrected chi connectivity index (χ4v) is 4.28. The minimum absolute atomic E-state index is 0.0569. The molecular formula is C14H19ClO2S. The quantitative estimate of drug-likeness (QED) is 0.611. The Labute approximate surface area is 117 Å². The summed E-state index contributed by atoms with van der Waals surface area (Å²) in [5.41, 5.74) is 0.670. The number of carbonyl (C=O) groups is 1. The van der Waals surface area contributed by atoms with Crippen molar-refractivity contribution in [3.8, 4) is 0 Å². The van der Waals surface area contributed by atoms with Crippen LogP contribution in [0.2, 0.25) is 0 Å². The highest BCUT2D eigenvalue weighted by Gasteiger charge is 2.44. The molecule has 0 atom stereocenters. The summed E-state index contributed by atoms with van der Waals surface area (Å²) in [6.07, 6.45) is 5.20. The van der Waals surface area contributed by atoms with Gasteiger partial charge in [-0.2, -0.15) is 0 Å². The molecule has 2 rings (SSSR count). The summed E-state index contributed by atoms with van der Waals surface area (Å²) < 4.78 is 5.33. The van der Waals surface area contributed by atoms with Crippen molar-refractivity contribution in [3.63, 3.8) is 0 Å². The molecule has 1 heterocycles.